The van der Waals surface area contributed by atoms with Crippen LogP contribution in [-0.2, 0) is 14.3 Å². The van der Waals surface area contributed by atoms with Crippen molar-refractivity contribution in [3.8, 4) is 0 Å². The molecule has 2 rings (SSSR count). The summed E-state index contributed by atoms with van der Waals surface area (Å²) in [4.78, 5) is 29.1. The Morgan fingerprint density at radius 1 is 1.62 bits per heavy atom. The SMILES string of the molecule is COC(=O)/C=C1\SCC(=O)N1CCCSc1nc(C)cs1. The van der Waals surface area contributed by atoms with Crippen LogP contribution >= 0.6 is 34.9 Å². The fraction of sp³-hybridized carbons (Fsp3) is 0.462. The van der Waals surface area contributed by atoms with Gasteiger partial charge in [-0.1, -0.05) is 23.5 Å². The zero-order valence-corrected chi connectivity index (χ0v) is 14.3. The lowest BCUT2D eigenvalue weighted by Gasteiger charge is -2.16. The lowest BCUT2D eigenvalue weighted by atomic mass is 10.4. The number of rotatable bonds is 6. The van der Waals surface area contributed by atoms with Crippen molar-refractivity contribution in [2.45, 2.75) is 17.7 Å². The van der Waals surface area contributed by atoms with Crippen molar-refractivity contribution in [2.75, 3.05) is 25.2 Å². The van der Waals surface area contributed by atoms with Gasteiger partial charge >= 0.3 is 5.97 Å². The lowest BCUT2D eigenvalue weighted by molar-refractivity contribution is -0.134. The van der Waals surface area contributed by atoms with Crippen LogP contribution in [0.25, 0.3) is 0 Å². The number of aromatic nitrogens is 1. The molecule has 1 fully saturated rings. The number of ether oxygens (including phenoxy) is 1. The number of nitrogens with zero attached hydrogens (tertiary/aromatic N) is 2. The van der Waals surface area contributed by atoms with Gasteiger partial charge in [-0.25, -0.2) is 9.78 Å². The molecule has 1 amide bonds. The second kappa shape index (κ2) is 7.86. The van der Waals surface area contributed by atoms with Gasteiger partial charge in [-0.3, -0.25) is 4.79 Å². The van der Waals surface area contributed by atoms with E-state index in [4.69, 9.17) is 0 Å². The van der Waals surface area contributed by atoms with Crippen LogP contribution in [0.2, 0.25) is 0 Å². The van der Waals surface area contributed by atoms with Crippen molar-refractivity contribution in [3.63, 3.8) is 0 Å². The highest BCUT2D eigenvalue weighted by atomic mass is 32.2. The number of methoxy groups -OCH3 is 1. The number of esters is 1. The highest BCUT2D eigenvalue weighted by molar-refractivity contribution is 8.04. The molecule has 0 bridgehead atoms. The maximum Gasteiger partial charge on any atom is 0.333 e. The van der Waals surface area contributed by atoms with Crippen molar-refractivity contribution in [3.05, 3.63) is 22.2 Å². The second-order valence-electron chi connectivity index (χ2n) is 4.30. The first-order valence-corrected chi connectivity index (χ1v) is 9.23. The molecule has 5 nitrogen and oxygen atoms in total. The Bertz CT molecular complexity index is 557. The van der Waals surface area contributed by atoms with Crippen LogP contribution in [0.3, 0.4) is 0 Å². The Kier molecular flexibility index (Phi) is 6.13. The molecule has 1 aliphatic heterocycles. The van der Waals surface area contributed by atoms with Crippen LogP contribution < -0.4 is 0 Å². The number of amides is 1. The molecule has 114 valence electrons. The van der Waals surface area contributed by atoms with Crippen LogP contribution in [0.4, 0.5) is 0 Å². The van der Waals surface area contributed by atoms with E-state index in [-0.39, 0.29) is 5.91 Å². The van der Waals surface area contributed by atoms with Crippen LogP contribution in [0.15, 0.2) is 20.8 Å². The summed E-state index contributed by atoms with van der Waals surface area (Å²) in [6, 6.07) is 0. The van der Waals surface area contributed by atoms with E-state index in [2.05, 4.69) is 9.72 Å². The molecule has 21 heavy (non-hydrogen) atoms. The second-order valence-corrected chi connectivity index (χ2v) is 7.49. The summed E-state index contributed by atoms with van der Waals surface area (Å²) in [5.74, 6) is 0.907. The van der Waals surface area contributed by atoms with Gasteiger partial charge in [0.25, 0.3) is 0 Å². The minimum Gasteiger partial charge on any atom is -0.466 e. The topological polar surface area (TPSA) is 59.5 Å². The van der Waals surface area contributed by atoms with Gasteiger partial charge in [0.1, 0.15) is 4.34 Å². The van der Waals surface area contributed by atoms with Gasteiger partial charge in [0.15, 0.2) is 0 Å². The molecule has 0 aliphatic carbocycles. The third-order valence-electron chi connectivity index (χ3n) is 2.70. The molecule has 0 aromatic carbocycles. The number of aryl methyl sites for hydroxylation is 1. The number of carbonyl (C=O) groups is 2. The molecule has 0 unspecified atom stereocenters. The molecule has 1 aromatic rings. The van der Waals surface area contributed by atoms with Crippen LogP contribution in [0.5, 0.6) is 0 Å². The Morgan fingerprint density at radius 2 is 2.43 bits per heavy atom. The molecule has 0 radical (unpaired) electrons. The molecule has 0 spiro atoms. The van der Waals surface area contributed by atoms with E-state index in [1.165, 1.54) is 24.9 Å². The first-order valence-electron chi connectivity index (χ1n) is 6.38. The lowest BCUT2D eigenvalue weighted by Crippen LogP contribution is -2.26. The maximum absolute atomic E-state index is 11.8. The molecule has 1 aromatic heterocycles. The van der Waals surface area contributed by atoms with E-state index in [0.29, 0.717) is 17.3 Å². The zero-order valence-electron chi connectivity index (χ0n) is 11.8. The molecule has 0 atom stereocenters. The molecular weight excluding hydrogens is 328 g/mol. The normalized spacial score (nSPS) is 16.8. The van der Waals surface area contributed by atoms with Gasteiger partial charge in [-0.2, -0.15) is 0 Å². The summed E-state index contributed by atoms with van der Waals surface area (Å²) in [5, 5.41) is 2.71. The number of thiazole rings is 1. The molecule has 0 N–H and O–H groups in total. The summed E-state index contributed by atoms with van der Waals surface area (Å²) in [6.45, 7) is 2.59. The highest BCUT2D eigenvalue weighted by Gasteiger charge is 2.26. The minimum absolute atomic E-state index is 0.0465. The fourth-order valence-corrected chi connectivity index (χ4v) is 4.51. The zero-order chi connectivity index (χ0) is 15.2. The van der Waals surface area contributed by atoms with E-state index in [1.54, 1.807) is 28.0 Å². The smallest absolute Gasteiger partial charge is 0.333 e. The Labute approximate surface area is 136 Å². The Balaban J connectivity index is 1.81. The largest absolute Gasteiger partial charge is 0.466 e. The summed E-state index contributed by atoms with van der Waals surface area (Å²) in [5.41, 5.74) is 1.04. The van der Waals surface area contributed by atoms with Crippen molar-refractivity contribution in [2.24, 2.45) is 0 Å². The van der Waals surface area contributed by atoms with Crippen molar-refractivity contribution < 1.29 is 14.3 Å². The van der Waals surface area contributed by atoms with Crippen LogP contribution in [0.1, 0.15) is 12.1 Å². The first kappa shape index (κ1) is 16.4. The molecule has 2 heterocycles. The van der Waals surface area contributed by atoms with Crippen molar-refractivity contribution in [1.29, 1.82) is 0 Å². The molecule has 0 saturated carbocycles. The quantitative estimate of drug-likeness (QED) is 0.342. The number of hydrogen-bond donors (Lipinski definition) is 0. The molecule has 8 heteroatoms. The van der Waals surface area contributed by atoms with Crippen LogP contribution in [0, 0.1) is 6.92 Å². The summed E-state index contributed by atoms with van der Waals surface area (Å²) in [6.07, 6.45) is 2.24. The monoisotopic (exact) mass is 344 g/mol. The average Bonchev–Trinajstić information content (AvgIpc) is 3.02. The predicted molar refractivity (Wildman–Crippen MR) is 86.5 cm³/mol. The van der Waals surface area contributed by atoms with Gasteiger partial charge in [-0.05, 0) is 13.3 Å². The standard InChI is InChI=1S/C13H16N2O3S3/c1-9-7-21-13(14-9)19-5-3-4-15-10(16)8-20-11(15)6-12(17)18-2/h6-7H,3-5,8H2,1-2H3/b11-6-. The average molecular weight is 344 g/mol. The fourth-order valence-electron chi connectivity index (χ4n) is 1.71. The number of carbonyl (C=O) groups excluding carboxylic acids is 2. The number of hydrogen-bond acceptors (Lipinski definition) is 7. The van der Waals surface area contributed by atoms with E-state index in [0.717, 1.165) is 22.2 Å². The van der Waals surface area contributed by atoms with E-state index in [9.17, 15) is 9.59 Å². The van der Waals surface area contributed by atoms with E-state index in [1.807, 2.05) is 12.3 Å². The predicted octanol–water partition coefficient (Wildman–Crippen LogP) is 2.52. The highest BCUT2D eigenvalue weighted by Crippen LogP contribution is 2.29. The number of thioether (sulfide) groups is 2. The molecular formula is C13H16N2O3S3. The van der Waals surface area contributed by atoms with E-state index >= 15 is 0 Å². The van der Waals surface area contributed by atoms with Gasteiger partial charge < -0.3 is 9.64 Å². The Morgan fingerprint density at radius 3 is 3.10 bits per heavy atom. The van der Waals surface area contributed by atoms with Gasteiger partial charge in [0, 0.05) is 23.4 Å². The minimum atomic E-state index is -0.426. The van der Waals surface area contributed by atoms with E-state index < -0.39 is 5.97 Å². The van der Waals surface area contributed by atoms with Crippen molar-refractivity contribution in [1.82, 2.24) is 9.88 Å². The van der Waals surface area contributed by atoms with Gasteiger partial charge in [-0.15, -0.1) is 11.3 Å². The third kappa shape index (κ3) is 4.76. The van der Waals surface area contributed by atoms with Crippen LogP contribution in [-0.4, -0.2) is 46.9 Å². The summed E-state index contributed by atoms with van der Waals surface area (Å²) < 4.78 is 5.66. The first-order chi connectivity index (χ1) is 10.1. The molecule has 1 saturated heterocycles. The third-order valence-corrected chi connectivity index (χ3v) is 5.95. The van der Waals surface area contributed by atoms with Gasteiger partial charge in [0.05, 0.1) is 24.0 Å². The molecule has 1 aliphatic rings. The van der Waals surface area contributed by atoms with Gasteiger partial charge in [0.2, 0.25) is 5.91 Å². The summed E-state index contributed by atoms with van der Waals surface area (Å²) in [7, 11) is 1.33. The Hall–Kier alpha value is -0.990. The summed E-state index contributed by atoms with van der Waals surface area (Å²) >= 11 is 4.72. The maximum atomic E-state index is 11.8. The van der Waals surface area contributed by atoms with Crippen molar-refractivity contribution >= 4 is 46.7 Å².